The summed E-state index contributed by atoms with van der Waals surface area (Å²) in [5.41, 5.74) is 2.28. The second-order valence-corrected chi connectivity index (χ2v) is 5.04. The van der Waals surface area contributed by atoms with Crippen LogP contribution in [0.15, 0.2) is 36.7 Å². The van der Waals surface area contributed by atoms with Crippen molar-refractivity contribution in [3.05, 3.63) is 36.7 Å². The molecule has 1 aliphatic rings. The van der Waals surface area contributed by atoms with Gasteiger partial charge in [-0.2, -0.15) is 0 Å². The van der Waals surface area contributed by atoms with Crippen LogP contribution in [-0.4, -0.2) is 30.4 Å². The molecule has 0 unspecified atom stereocenters. The third kappa shape index (κ3) is 2.45. The van der Waals surface area contributed by atoms with Crippen molar-refractivity contribution in [2.24, 2.45) is 0 Å². The second-order valence-electron chi connectivity index (χ2n) is 5.04. The average Bonchev–Trinajstić information content (AvgIpc) is 2.54. The minimum atomic E-state index is 0.463. The lowest BCUT2D eigenvalue weighted by molar-refractivity contribution is 0.205. The van der Waals surface area contributed by atoms with Crippen molar-refractivity contribution in [3.8, 4) is 0 Å². The van der Waals surface area contributed by atoms with Gasteiger partial charge in [0.15, 0.2) is 11.6 Å². The highest BCUT2D eigenvalue weighted by molar-refractivity contribution is 5.89. The van der Waals surface area contributed by atoms with E-state index in [1.54, 1.807) is 19.5 Å². The standard InChI is InChI=1S/C16H20N4O/c1-3-4-11-19-13-7-5-6-8-14(13)20(12-21-2)16-15(19)17-9-10-18-16/h5-10H,3-4,11-12H2,1-2H3. The normalized spacial score (nSPS) is 13.0. The predicted octanol–water partition coefficient (Wildman–Crippen LogP) is 3.47. The van der Waals surface area contributed by atoms with E-state index in [0.29, 0.717) is 6.73 Å². The number of nitrogens with zero attached hydrogens (tertiary/aromatic N) is 4. The number of hydrogen-bond donors (Lipinski definition) is 0. The highest BCUT2D eigenvalue weighted by Crippen LogP contribution is 2.45. The first kappa shape index (κ1) is 13.8. The topological polar surface area (TPSA) is 41.5 Å². The molecule has 2 heterocycles. The molecular weight excluding hydrogens is 264 g/mol. The molecule has 5 heteroatoms. The zero-order valence-electron chi connectivity index (χ0n) is 12.5. The van der Waals surface area contributed by atoms with Gasteiger partial charge < -0.3 is 9.64 Å². The summed E-state index contributed by atoms with van der Waals surface area (Å²) in [4.78, 5) is 13.4. The number of ether oxygens (including phenoxy) is 1. The number of aromatic nitrogens is 2. The number of hydrogen-bond acceptors (Lipinski definition) is 5. The van der Waals surface area contributed by atoms with Crippen LogP contribution >= 0.6 is 0 Å². The fourth-order valence-corrected chi connectivity index (χ4v) is 2.66. The van der Waals surface area contributed by atoms with Crippen molar-refractivity contribution < 1.29 is 4.74 Å². The average molecular weight is 284 g/mol. The van der Waals surface area contributed by atoms with Gasteiger partial charge in [0.2, 0.25) is 0 Å². The molecule has 0 N–H and O–H groups in total. The zero-order chi connectivity index (χ0) is 14.7. The maximum absolute atomic E-state index is 5.35. The Morgan fingerprint density at radius 1 is 1.00 bits per heavy atom. The molecule has 21 heavy (non-hydrogen) atoms. The smallest absolute Gasteiger partial charge is 0.178 e. The van der Waals surface area contributed by atoms with Crippen LogP contribution in [0.1, 0.15) is 19.8 Å². The van der Waals surface area contributed by atoms with Gasteiger partial charge in [0.25, 0.3) is 0 Å². The first-order chi connectivity index (χ1) is 10.4. The number of benzene rings is 1. The summed E-state index contributed by atoms with van der Waals surface area (Å²) in [6, 6.07) is 8.33. The maximum atomic E-state index is 5.35. The van der Waals surface area contributed by atoms with Crippen LogP contribution < -0.4 is 9.80 Å². The Morgan fingerprint density at radius 3 is 2.24 bits per heavy atom. The highest BCUT2D eigenvalue weighted by Gasteiger charge is 2.29. The summed E-state index contributed by atoms with van der Waals surface area (Å²) in [5.74, 6) is 1.76. The Bertz CT molecular complexity index is 569. The summed E-state index contributed by atoms with van der Waals surface area (Å²) < 4.78 is 5.35. The van der Waals surface area contributed by atoms with E-state index in [1.807, 2.05) is 6.07 Å². The molecule has 1 aliphatic heterocycles. The van der Waals surface area contributed by atoms with E-state index in [-0.39, 0.29) is 0 Å². The Hall–Kier alpha value is -2.14. The van der Waals surface area contributed by atoms with Crippen LogP contribution in [0.25, 0.3) is 0 Å². The van der Waals surface area contributed by atoms with E-state index in [0.717, 1.165) is 42.4 Å². The molecule has 1 aromatic heterocycles. The number of rotatable bonds is 5. The first-order valence-electron chi connectivity index (χ1n) is 7.31. The van der Waals surface area contributed by atoms with Gasteiger partial charge in [0.1, 0.15) is 6.73 Å². The van der Waals surface area contributed by atoms with Crippen molar-refractivity contribution in [2.75, 3.05) is 30.2 Å². The minimum Gasteiger partial charge on any atom is -0.364 e. The molecule has 0 saturated heterocycles. The van der Waals surface area contributed by atoms with Gasteiger partial charge in [-0.1, -0.05) is 25.5 Å². The van der Waals surface area contributed by atoms with E-state index >= 15 is 0 Å². The molecule has 0 saturated carbocycles. The lowest BCUT2D eigenvalue weighted by atomic mass is 10.1. The van der Waals surface area contributed by atoms with Crippen molar-refractivity contribution in [1.82, 2.24) is 9.97 Å². The van der Waals surface area contributed by atoms with E-state index < -0.39 is 0 Å². The van der Waals surface area contributed by atoms with Crippen LogP contribution in [0.3, 0.4) is 0 Å². The first-order valence-corrected chi connectivity index (χ1v) is 7.31. The van der Waals surface area contributed by atoms with Crippen LogP contribution in [0, 0.1) is 0 Å². The molecule has 2 aromatic rings. The van der Waals surface area contributed by atoms with Gasteiger partial charge in [0, 0.05) is 26.0 Å². The van der Waals surface area contributed by atoms with Crippen molar-refractivity contribution >= 4 is 23.0 Å². The SMILES string of the molecule is CCCCN1c2ccccc2N(COC)c2nccnc21. The van der Waals surface area contributed by atoms with Crippen LogP contribution in [0.5, 0.6) is 0 Å². The molecule has 0 fully saturated rings. The summed E-state index contributed by atoms with van der Waals surface area (Å²) in [5, 5.41) is 0. The van der Waals surface area contributed by atoms with Crippen LogP contribution in [0.2, 0.25) is 0 Å². The van der Waals surface area contributed by atoms with Gasteiger partial charge in [0.05, 0.1) is 11.4 Å². The maximum Gasteiger partial charge on any atom is 0.178 e. The summed E-state index contributed by atoms with van der Waals surface area (Å²) >= 11 is 0. The third-order valence-corrected chi connectivity index (χ3v) is 3.63. The number of para-hydroxylation sites is 2. The third-order valence-electron chi connectivity index (χ3n) is 3.63. The van der Waals surface area contributed by atoms with E-state index in [2.05, 4.69) is 44.9 Å². The molecule has 3 rings (SSSR count). The van der Waals surface area contributed by atoms with Gasteiger partial charge >= 0.3 is 0 Å². The van der Waals surface area contributed by atoms with Crippen molar-refractivity contribution in [1.29, 1.82) is 0 Å². The van der Waals surface area contributed by atoms with Crippen molar-refractivity contribution in [3.63, 3.8) is 0 Å². The molecule has 0 aliphatic carbocycles. The quantitative estimate of drug-likeness (QED) is 0.841. The molecular formula is C16H20N4O. The Morgan fingerprint density at radius 2 is 1.62 bits per heavy atom. The lowest BCUT2D eigenvalue weighted by Crippen LogP contribution is -2.32. The summed E-state index contributed by atoms with van der Waals surface area (Å²) in [7, 11) is 1.70. The highest BCUT2D eigenvalue weighted by atomic mass is 16.5. The molecule has 0 bridgehead atoms. The van der Waals surface area contributed by atoms with E-state index in [4.69, 9.17) is 4.74 Å². The Balaban J connectivity index is 2.11. The Labute approximate surface area is 125 Å². The van der Waals surface area contributed by atoms with Gasteiger partial charge in [-0.3, -0.25) is 4.90 Å². The fourth-order valence-electron chi connectivity index (χ4n) is 2.66. The molecule has 0 radical (unpaired) electrons. The molecule has 1 aromatic carbocycles. The fraction of sp³-hybridized carbons (Fsp3) is 0.375. The van der Waals surface area contributed by atoms with Crippen molar-refractivity contribution in [2.45, 2.75) is 19.8 Å². The van der Waals surface area contributed by atoms with E-state index in [9.17, 15) is 0 Å². The largest absolute Gasteiger partial charge is 0.364 e. The monoisotopic (exact) mass is 284 g/mol. The van der Waals surface area contributed by atoms with Crippen LogP contribution in [-0.2, 0) is 4.74 Å². The Kier molecular flexibility index (Phi) is 4.01. The van der Waals surface area contributed by atoms with Gasteiger partial charge in [-0.05, 0) is 18.6 Å². The predicted molar refractivity (Wildman–Crippen MR) is 84.4 cm³/mol. The van der Waals surface area contributed by atoms with Gasteiger partial charge in [-0.25, -0.2) is 9.97 Å². The summed E-state index contributed by atoms with van der Waals surface area (Å²) in [6.07, 6.45) is 5.74. The van der Waals surface area contributed by atoms with Gasteiger partial charge in [-0.15, -0.1) is 0 Å². The number of anilines is 4. The summed E-state index contributed by atoms with van der Waals surface area (Å²) in [6.45, 7) is 3.61. The lowest BCUT2D eigenvalue weighted by Gasteiger charge is -2.37. The number of unbranched alkanes of at least 4 members (excludes halogenated alkanes) is 1. The number of methoxy groups -OCH3 is 1. The van der Waals surface area contributed by atoms with E-state index in [1.165, 1.54) is 0 Å². The van der Waals surface area contributed by atoms with Crippen LogP contribution in [0.4, 0.5) is 23.0 Å². The number of fused-ring (bicyclic) bond motifs is 2. The second kappa shape index (κ2) is 6.10. The molecule has 0 spiro atoms. The zero-order valence-corrected chi connectivity index (χ0v) is 12.5. The molecule has 110 valence electrons. The molecule has 0 atom stereocenters. The minimum absolute atomic E-state index is 0.463. The molecule has 5 nitrogen and oxygen atoms in total. The molecule has 0 amide bonds.